The number of nitrogens with two attached hydrogens (primary N) is 1. The van der Waals surface area contributed by atoms with E-state index in [4.69, 9.17) is 14.8 Å². The third-order valence-electron chi connectivity index (χ3n) is 2.32. The van der Waals surface area contributed by atoms with Crippen LogP contribution < -0.4 is 5.14 Å². The Labute approximate surface area is 86.4 Å². The molecule has 1 aliphatic rings. The van der Waals surface area contributed by atoms with Crippen LogP contribution in [-0.2, 0) is 16.4 Å². The summed E-state index contributed by atoms with van der Waals surface area (Å²) in [4.78, 5) is 0. The second-order valence-electron chi connectivity index (χ2n) is 3.35. The van der Waals surface area contributed by atoms with Crippen LogP contribution in [0.25, 0.3) is 0 Å². The maximum atomic E-state index is 11.0. The van der Waals surface area contributed by atoms with Crippen LogP contribution in [0, 0.1) is 0 Å². The lowest BCUT2D eigenvalue weighted by Gasteiger charge is -2.09. The summed E-state index contributed by atoms with van der Waals surface area (Å²) in [5, 5.41) is 16.5. The van der Waals surface area contributed by atoms with Crippen molar-refractivity contribution in [3.8, 4) is 0 Å². The van der Waals surface area contributed by atoms with Gasteiger partial charge in [0.25, 0.3) is 10.0 Å². The van der Waals surface area contributed by atoms with Gasteiger partial charge in [-0.3, -0.25) is 0 Å². The van der Waals surface area contributed by atoms with Gasteiger partial charge in [-0.15, -0.1) is 0 Å². The Balaban J connectivity index is 2.56. The van der Waals surface area contributed by atoms with Crippen molar-refractivity contribution in [1.82, 2.24) is 0 Å². The first-order valence-electron chi connectivity index (χ1n) is 4.39. The smallest absolute Gasteiger partial charge is 0.271 e. The first kappa shape index (κ1) is 10.2. The summed E-state index contributed by atoms with van der Waals surface area (Å²) in [7, 11) is -3.83. The first-order valence-corrected chi connectivity index (χ1v) is 5.94. The fraction of sp³-hybridized carbons (Fsp3) is 0.375. The molecule has 7 heteroatoms. The molecular weight excluding hydrogens is 220 g/mol. The number of sulfonamides is 1. The van der Waals surface area contributed by atoms with Crippen LogP contribution in [0.15, 0.2) is 20.7 Å². The molecule has 6 nitrogen and oxygen atoms in total. The molecule has 0 amide bonds. The fourth-order valence-electron chi connectivity index (χ4n) is 1.63. The van der Waals surface area contributed by atoms with Crippen molar-refractivity contribution in [1.29, 1.82) is 0 Å². The first-order chi connectivity index (χ1) is 7.02. The van der Waals surface area contributed by atoms with E-state index < -0.39 is 10.0 Å². The number of oxime groups is 1. The number of rotatable bonds is 1. The predicted molar refractivity (Wildman–Crippen MR) is 51.3 cm³/mol. The lowest BCUT2D eigenvalue weighted by Crippen LogP contribution is -2.11. The van der Waals surface area contributed by atoms with Crippen LogP contribution in [-0.4, -0.2) is 19.3 Å². The minimum Gasteiger partial charge on any atom is -0.448 e. The zero-order chi connectivity index (χ0) is 11.1. The van der Waals surface area contributed by atoms with Gasteiger partial charge in [-0.1, -0.05) is 5.16 Å². The number of fused-ring (bicyclic) bond motifs is 1. The maximum Gasteiger partial charge on any atom is 0.271 e. The molecule has 0 fully saturated rings. The number of aryl methyl sites for hydroxylation is 1. The van der Waals surface area contributed by atoms with Gasteiger partial charge in [-0.2, -0.15) is 0 Å². The molecule has 0 saturated heterocycles. The number of nitrogens with zero attached hydrogens (tertiary/aromatic N) is 1. The summed E-state index contributed by atoms with van der Waals surface area (Å²) < 4.78 is 27.2. The quantitative estimate of drug-likeness (QED) is 0.539. The normalized spacial score (nSPS) is 19.1. The van der Waals surface area contributed by atoms with E-state index in [2.05, 4.69) is 5.16 Å². The highest BCUT2D eigenvalue weighted by Gasteiger charge is 2.24. The molecule has 1 heterocycles. The van der Waals surface area contributed by atoms with Gasteiger partial charge in [0.05, 0.1) is 5.71 Å². The highest BCUT2D eigenvalue weighted by molar-refractivity contribution is 7.89. The zero-order valence-electron chi connectivity index (χ0n) is 7.80. The van der Waals surface area contributed by atoms with Crippen LogP contribution in [0.2, 0.25) is 0 Å². The average molecular weight is 230 g/mol. The van der Waals surface area contributed by atoms with Crippen LogP contribution in [0.5, 0.6) is 0 Å². The van der Waals surface area contributed by atoms with E-state index in [1.165, 1.54) is 6.07 Å². The van der Waals surface area contributed by atoms with E-state index in [-0.39, 0.29) is 5.09 Å². The Kier molecular flexibility index (Phi) is 2.28. The second-order valence-corrected chi connectivity index (χ2v) is 4.84. The molecule has 0 saturated carbocycles. The summed E-state index contributed by atoms with van der Waals surface area (Å²) >= 11 is 0. The van der Waals surface area contributed by atoms with Crippen molar-refractivity contribution < 1.29 is 18.0 Å². The number of primary sulfonamides is 1. The summed E-state index contributed by atoms with van der Waals surface area (Å²) in [5.74, 6) is 0.512. The Morgan fingerprint density at radius 2 is 2.20 bits per heavy atom. The zero-order valence-corrected chi connectivity index (χ0v) is 8.62. The standard InChI is InChI=1S/C8H10N2O4S/c9-15(12,13)8-4-5-6(10-11)2-1-3-7(5)14-8/h4,11H,1-3H2,(H2,9,12,13). The lowest BCUT2D eigenvalue weighted by molar-refractivity contribution is 0.316. The molecule has 0 radical (unpaired) electrons. The van der Waals surface area contributed by atoms with E-state index in [1.807, 2.05) is 0 Å². The Hall–Kier alpha value is -1.34. The highest BCUT2D eigenvalue weighted by Crippen LogP contribution is 2.26. The summed E-state index contributed by atoms with van der Waals surface area (Å²) in [6.07, 6.45) is 2.00. The van der Waals surface area contributed by atoms with E-state index in [0.717, 1.165) is 6.42 Å². The number of hydrogen-bond donors (Lipinski definition) is 2. The van der Waals surface area contributed by atoms with Crippen LogP contribution in [0.1, 0.15) is 24.2 Å². The Bertz CT molecular complexity index is 515. The number of hydrogen-bond acceptors (Lipinski definition) is 5. The minimum absolute atomic E-state index is 0.282. The van der Waals surface area contributed by atoms with Gasteiger partial charge in [-0.25, -0.2) is 13.6 Å². The van der Waals surface area contributed by atoms with Crippen molar-refractivity contribution >= 4 is 15.7 Å². The van der Waals surface area contributed by atoms with Gasteiger partial charge in [0, 0.05) is 18.1 Å². The van der Waals surface area contributed by atoms with Crippen LogP contribution in [0.3, 0.4) is 0 Å². The van der Waals surface area contributed by atoms with Gasteiger partial charge in [0.15, 0.2) is 0 Å². The Morgan fingerprint density at radius 1 is 1.47 bits per heavy atom. The molecule has 1 aromatic rings. The predicted octanol–water partition coefficient (Wildman–Crippen LogP) is 0.442. The summed E-state index contributed by atoms with van der Waals surface area (Å²) in [6.45, 7) is 0. The Morgan fingerprint density at radius 3 is 2.80 bits per heavy atom. The molecule has 0 unspecified atom stereocenters. The second kappa shape index (κ2) is 3.35. The maximum absolute atomic E-state index is 11.0. The highest BCUT2D eigenvalue weighted by atomic mass is 32.2. The van der Waals surface area contributed by atoms with E-state index in [1.54, 1.807) is 0 Å². The largest absolute Gasteiger partial charge is 0.448 e. The third-order valence-corrected chi connectivity index (χ3v) is 3.08. The minimum atomic E-state index is -3.83. The van der Waals surface area contributed by atoms with Crippen molar-refractivity contribution in [3.05, 3.63) is 17.4 Å². The van der Waals surface area contributed by atoms with Gasteiger partial charge in [0.2, 0.25) is 5.09 Å². The van der Waals surface area contributed by atoms with E-state index in [9.17, 15) is 8.42 Å². The van der Waals surface area contributed by atoms with Crippen molar-refractivity contribution in [3.63, 3.8) is 0 Å². The molecule has 0 spiro atoms. The third kappa shape index (κ3) is 1.75. The summed E-state index contributed by atoms with van der Waals surface area (Å²) in [5.41, 5.74) is 0.975. The molecule has 1 aliphatic carbocycles. The molecule has 2 rings (SSSR count). The van der Waals surface area contributed by atoms with Crippen LogP contribution >= 0.6 is 0 Å². The monoisotopic (exact) mass is 230 g/mol. The molecule has 0 atom stereocenters. The van der Waals surface area contributed by atoms with Gasteiger partial charge < -0.3 is 9.62 Å². The van der Waals surface area contributed by atoms with Gasteiger partial charge in [0.1, 0.15) is 5.76 Å². The van der Waals surface area contributed by atoms with Crippen molar-refractivity contribution in [2.45, 2.75) is 24.4 Å². The van der Waals surface area contributed by atoms with Crippen molar-refractivity contribution in [2.24, 2.45) is 10.3 Å². The van der Waals surface area contributed by atoms with E-state index >= 15 is 0 Å². The summed E-state index contributed by atoms with van der Waals surface area (Å²) in [6, 6.07) is 1.30. The average Bonchev–Trinajstić information content (AvgIpc) is 2.59. The fourth-order valence-corrected chi connectivity index (χ4v) is 2.13. The molecule has 0 aromatic carbocycles. The molecule has 82 valence electrons. The lowest BCUT2D eigenvalue weighted by atomic mass is 9.97. The molecule has 1 aromatic heterocycles. The SMILES string of the molecule is NS(=O)(=O)c1cc2c(o1)CCCC2=NO. The van der Waals surface area contributed by atoms with Gasteiger partial charge >= 0.3 is 0 Å². The van der Waals surface area contributed by atoms with Crippen molar-refractivity contribution in [2.75, 3.05) is 0 Å². The van der Waals surface area contributed by atoms with Gasteiger partial charge in [-0.05, 0) is 12.8 Å². The molecule has 3 N–H and O–H groups in total. The molecule has 0 aliphatic heterocycles. The topological polar surface area (TPSA) is 106 Å². The molecular formula is C8H10N2O4S. The molecule has 15 heavy (non-hydrogen) atoms. The van der Waals surface area contributed by atoms with Crippen LogP contribution in [0.4, 0.5) is 0 Å². The molecule has 0 bridgehead atoms. The van der Waals surface area contributed by atoms with E-state index in [0.29, 0.717) is 29.9 Å². The number of furan rings is 1.